The maximum atomic E-state index is 13.8. The van der Waals surface area contributed by atoms with Gasteiger partial charge in [-0.3, -0.25) is 9.69 Å². The molecule has 0 bridgehead atoms. The SMILES string of the molecule is O=C(c1cc(-c2ccc3c(c2)OCCO3)nc2ccccc12)N1CCC(CCN2CCOCC2)CC1. The second-order valence-corrected chi connectivity index (χ2v) is 9.91. The van der Waals surface area contributed by atoms with E-state index in [9.17, 15) is 4.79 Å². The van der Waals surface area contributed by atoms with Crippen LogP contribution in [0.4, 0.5) is 0 Å². The molecule has 0 aliphatic carbocycles. The van der Waals surface area contributed by atoms with Crippen molar-refractivity contribution in [1.29, 1.82) is 0 Å². The molecule has 0 saturated carbocycles. The molecule has 0 N–H and O–H groups in total. The summed E-state index contributed by atoms with van der Waals surface area (Å²) in [6.07, 6.45) is 3.33. The molecule has 0 radical (unpaired) electrons. The van der Waals surface area contributed by atoms with Crippen molar-refractivity contribution in [2.45, 2.75) is 19.3 Å². The van der Waals surface area contributed by atoms with Gasteiger partial charge in [-0.25, -0.2) is 4.98 Å². The predicted octanol–water partition coefficient (Wildman–Crippen LogP) is 4.25. The number of rotatable bonds is 5. The van der Waals surface area contributed by atoms with Crippen molar-refractivity contribution >= 4 is 16.8 Å². The molecule has 6 rings (SSSR count). The zero-order chi connectivity index (χ0) is 24.3. The topological polar surface area (TPSA) is 64.1 Å². The minimum atomic E-state index is 0.0963. The van der Waals surface area contributed by atoms with Crippen LogP contribution in [0.5, 0.6) is 11.5 Å². The third-order valence-corrected chi connectivity index (χ3v) is 7.64. The summed E-state index contributed by atoms with van der Waals surface area (Å²) in [6, 6.07) is 15.7. The lowest BCUT2D eigenvalue weighted by molar-refractivity contribution is 0.0332. The molecule has 4 heterocycles. The van der Waals surface area contributed by atoms with Crippen LogP contribution in [0.1, 0.15) is 29.6 Å². The van der Waals surface area contributed by atoms with Gasteiger partial charge in [0.2, 0.25) is 0 Å². The van der Waals surface area contributed by atoms with E-state index in [1.807, 2.05) is 53.4 Å². The Bertz CT molecular complexity index is 1230. The Morgan fingerprint density at radius 2 is 1.67 bits per heavy atom. The Balaban J connectivity index is 1.20. The molecule has 0 atom stereocenters. The lowest BCUT2D eigenvalue weighted by atomic mass is 9.92. The van der Waals surface area contributed by atoms with E-state index in [2.05, 4.69) is 4.90 Å². The van der Waals surface area contributed by atoms with E-state index in [0.29, 0.717) is 19.1 Å². The van der Waals surface area contributed by atoms with Gasteiger partial charge in [-0.1, -0.05) is 18.2 Å². The molecule has 36 heavy (non-hydrogen) atoms. The van der Waals surface area contributed by atoms with Gasteiger partial charge >= 0.3 is 0 Å². The average molecular weight is 488 g/mol. The molecule has 2 fully saturated rings. The third kappa shape index (κ3) is 4.90. The van der Waals surface area contributed by atoms with Crippen LogP contribution in [-0.2, 0) is 4.74 Å². The van der Waals surface area contributed by atoms with Gasteiger partial charge in [-0.2, -0.15) is 0 Å². The van der Waals surface area contributed by atoms with Crippen molar-refractivity contribution < 1.29 is 19.0 Å². The molecule has 0 spiro atoms. The van der Waals surface area contributed by atoms with E-state index in [4.69, 9.17) is 19.2 Å². The van der Waals surface area contributed by atoms with Crippen molar-refractivity contribution in [2.24, 2.45) is 5.92 Å². The minimum Gasteiger partial charge on any atom is -0.486 e. The van der Waals surface area contributed by atoms with E-state index in [1.54, 1.807) is 0 Å². The summed E-state index contributed by atoms with van der Waals surface area (Å²) in [4.78, 5) is 23.2. The maximum absolute atomic E-state index is 13.8. The van der Waals surface area contributed by atoms with Gasteiger partial charge in [0, 0.05) is 37.1 Å². The molecule has 2 saturated heterocycles. The summed E-state index contributed by atoms with van der Waals surface area (Å²) >= 11 is 0. The van der Waals surface area contributed by atoms with Crippen LogP contribution in [0, 0.1) is 5.92 Å². The highest BCUT2D eigenvalue weighted by molar-refractivity contribution is 6.07. The number of carbonyl (C=O) groups excluding carboxylic acids is 1. The number of nitrogens with zero attached hydrogens (tertiary/aromatic N) is 3. The molecule has 2 aromatic carbocycles. The normalized spacial score (nSPS) is 18.9. The molecule has 1 aromatic heterocycles. The average Bonchev–Trinajstić information content (AvgIpc) is 2.95. The van der Waals surface area contributed by atoms with Crippen LogP contribution in [0.25, 0.3) is 22.2 Å². The number of morpholine rings is 1. The van der Waals surface area contributed by atoms with Crippen molar-refractivity contribution in [2.75, 3.05) is 59.2 Å². The number of amides is 1. The Morgan fingerprint density at radius 3 is 2.50 bits per heavy atom. The predicted molar refractivity (Wildman–Crippen MR) is 139 cm³/mol. The van der Waals surface area contributed by atoms with Crippen LogP contribution in [0.15, 0.2) is 48.5 Å². The summed E-state index contributed by atoms with van der Waals surface area (Å²) in [7, 11) is 0. The van der Waals surface area contributed by atoms with E-state index in [-0.39, 0.29) is 5.91 Å². The Kier molecular flexibility index (Phi) is 6.75. The van der Waals surface area contributed by atoms with Crippen LogP contribution >= 0.6 is 0 Å². The zero-order valence-corrected chi connectivity index (χ0v) is 20.7. The van der Waals surface area contributed by atoms with E-state index in [1.165, 1.54) is 6.42 Å². The monoisotopic (exact) mass is 487 g/mol. The fourth-order valence-electron chi connectivity index (χ4n) is 5.49. The van der Waals surface area contributed by atoms with E-state index in [0.717, 1.165) is 98.0 Å². The Hall–Kier alpha value is -3.16. The minimum absolute atomic E-state index is 0.0963. The highest BCUT2D eigenvalue weighted by Crippen LogP contribution is 2.35. The molecule has 3 aliphatic heterocycles. The van der Waals surface area contributed by atoms with E-state index >= 15 is 0 Å². The van der Waals surface area contributed by atoms with Crippen LogP contribution in [0.2, 0.25) is 0 Å². The van der Waals surface area contributed by atoms with E-state index < -0.39 is 0 Å². The van der Waals surface area contributed by atoms with Crippen LogP contribution in [0.3, 0.4) is 0 Å². The van der Waals surface area contributed by atoms with Crippen LogP contribution in [-0.4, -0.2) is 79.8 Å². The van der Waals surface area contributed by atoms with Gasteiger partial charge in [-0.05, 0) is 62.1 Å². The zero-order valence-electron chi connectivity index (χ0n) is 20.7. The second-order valence-electron chi connectivity index (χ2n) is 9.91. The Labute approximate surface area is 212 Å². The second kappa shape index (κ2) is 10.4. The molecular formula is C29H33N3O4. The first-order valence-electron chi connectivity index (χ1n) is 13.1. The number of carbonyl (C=O) groups is 1. The number of benzene rings is 2. The largest absolute Gasteiger partial charge is 0.486 e. The number of fused-ring (bicyclic) bond motifs is 2. The number of likely N-dealkylation sites (tertiary alicyclic amines) is 1. The number of aromatic nitrogens is 1. The smallest absolute Gasteiger partial charge is 0.254 e. The molecule has 3 aromatic rings. The van der Waals surface area contributed by atoms with Gasteiger partial charge in [0.15, 0.2) is 11.5 Å². The van der Waals surface area contributed by atoms with Gasteiger partial charge < -0.3 is 19.1 Å². The molecule has 3 aliphatic rings. The maximum Gasteiger partial charge on any atom is 0.254 e. The molecule has 188 valence electrons. The van der Waals surface area contributed by atoms with Crippen molar-refractivity contribution in [3.8, 4) is 22.8 Å². The van der Waals surface area contributed by atoms with Crippen molar-refractivity contribution in [3.05, 3.63) is 54.1 Å². The summed E-state index contributed by atoms with van der Waals surface area (Å²) in [6.45, 7) is 7.62. The number of para-hydroxylation sites is 1. The highest BCUT2D eigenvalue weighted by Gasteiger charge is 2.26. The fraction of sp³-hybridized carbons (Fsp3) is 0.448. The van der Waals surface area contributed by atoms with Gasteiger partial charge in [0.05, 0.1) is 30.0 Å². The number of ether oxygens (including phenoxy) is 3. The molecule has 1 amide bonds. The van der Waals surface area contributed by atoms with Crippen molar-refractivity contribution in [3.63, 3.8) is 0 Å². The fourth-order valence-corrected chi connectivity index (χ4v) is 5.49. The standard InChI is InChI=1S/C29H33N3O4/c33-29(32-11-8-21(9-12-32)7-10-31-13-15-34-16-14-31)24-20-26(30-25-4-2-1-3-23(24)25)22-5-6-27-28(19-22)36-18-17-35-27/h1-6,19-21H,7-18H2. The lowest BCUT2D eigenvalue weighted by Crippen LogP contribution is -2.41. The lowest BCUT2D eigenvalue weighted by Gasteiger charge is -2.34. The summed E-state index contributed by atoms with van der Waals surface area (Å²) in [5.41, 5.74) is 3.24. The summed E-state index contributed by atoms with van der Waals surface area (Å²) in [5.74, 6) is 2.25. The first-order valence-corrected chi connectivity index (χ1v) is 13.1. The van der Waals surface area contributed by atoms with Crippen molar-refractivity contribution in [1.82, 2.24) is 14.8 Å². The number of hydrogen-bond acceptors (Lipinski definition) is 6. The van der Waals surface area contributed by atoms with Gasteiger partial charge in [0.25, 0.3) is 5.91 Å². The first-order chi connectivity index (χ1) is 17.7. The number of pyridine rings is 1. The first kappa shape index (κ1) is 23.3. The number of hydrogen-bond donors (Lipinski definition) is 0. The number of piperidine rings is 1. The molecule has 7 heteroatoms. The molecule has 7 nitrogen and oxygen atoms in total. The Morgan fingerprint density at radius 1 is 0.889 bits per heavy atom. The summed E-state index contributed by atoms with van der Waals surface area (Å²) in [5, 5.41) is 0.901. The van der Waals surface area contributed by atoms with Crippen LogP contribution < -0.4 is 9.47 Å². The summed E-state index contributed by atoms with van der Waals surface area (Å²) < 4.78 is 16.9. The molecule has 0 unspecified atom stereocenters. The highest BCUT2D eigenvalue weighted by atomic mass is 16.6. The molecular weight excluding hydrogens is 454 g/mol. The van der Waals surface area contributed by atoms with Gasteiger partial charge in [0.1, 0.15) is 13.2 Å². The third-order valence-electron chi connectivity index (χ3n) is 7.64. The quantitative estimate of drug-likeness (QED) is 0.536. The van der Waals surface area contributed by atoms with Gasteiger partial charge in [-0.15, -0.1) is 0 Å².